The summed E-state index contributed by atoms with van der Waals surface area (Å²) >= 11 is 1.88. The van der Waals surface area contributed by atoms with E-state index >= 15 is 0 Å². The second-order valence-electron chi connectivity index (χ2n) is 9.29. The zero-order valence-corrected chi connectivity index (χ0v) is 19.0. The summed E-state index contributed by atoms with van der Waals surface area (Å²) in [5.74, 6) is 1.07. The van der Waals surface area contributed by atoms with Gasteiger partial charge in [0.1, 0.15) is 5.82 Å². The second kappa shape index (κ2) is 7.47. The summed E-state index contributed by atoms with van der Waals surface area (Å²) < 4.78 is 0. The molecule has 155 valence electrons. The molecular formula is C25H29N4S. The Morgan fingerprint density at radius 1 is 1.13 bits per heavy atom. The van der Waals surface area contributed by atoms with Crippen molar-refractivity contribution in [1.29, 1.82) is 0 Å². The maximum Gasteiger partial charge on any atom is 0.126 e. The van der Waals surface area contributed by atoms with Gasteiger partial charge in [0.25, 0.3) is 0 Å². The highest BCUT2D eigenvalue weighted by Crippen LogP contribution is 2.43. The van der Waals surface area contributed by atoms with Gasteiger partial charge in [-0.25, -0.2) is 9.99 Å². The molecule has 0 saturated carbocycles. The lowest BCUT2D eigenvalue weighted by molar-refractivity contribution is -0.00548. The molecule has 1 fully saturated rings. The van der Waals surface area contributed by atoms with Crippen molar-refractivity contribution < 1.29 is 0 Å². The smallest absolute Gasteiger partial charge is 0.126 e. The zero-order chi connectivity index (χ0) is 20.9. The van der Waals surface area contributed by atoms with Gasteiger partial charge in [-0.1, -0.05) is 68.9 Å². The molecular weight excluding hydrogens is 388 g/mol. The fraction of sp³-hybridized carbons (Fsp3) is 0.400. The fourth-order valence-corrected chi connectivity index (χ4v) is 5.41. The van der Waals surface area contributed by atoms with Crippen LogP contribution in [0, 0.1) is 6.20 Å². The van der Waals surface area contributed by atoms with Crippen LogP contribution in [0.5, 0.6) is 0 Å². The average Bonchev–Trinajstić information content (AvgIpc) is 3.44. The van der Waals surface area contributed by atoms with Crippen molar-refractivity contribution in [3.8, 4) is 0 Å². The number of H-pyrrole nitrogens is 1. The number of aromatic nitrogens is 2. The first-order chi connectivity index (χ1) is 14.4. The standard InChI is InChI=1S/C25H29N4S/c1-17-29(16-23(30-17)18-9-6-5-7-10-18)28-14-8-11-22(28)24-26-20-13-12-19(25(2,3)4)15-21(20)27-24/h5-7,9-10,12-13,15,17,22H,8,11,14H2,1-4H3,(H,26,27). The maximum absolute atomic E-state index is 5.03. The van der Waals surface area contributed by atoms with Crippen molar-refractivity contribution in [2.45, 2.75) is 57.4 Å². The number of nitrogens with one attached hydrogen (secondary N) is 1. The Kier molecular flexibility index (Phi) is 4.91. The van der Waals surface area contributed by atoms with Gasteiger partial charge < -0.3 is 4.98 Å². The molecule has 5 heteroatoms. The highest BCUT2D eigenvalue weighted by atomic mass is 32.2. The van der Waals surface area contributed by atoms with Gasteiger partial charge >= 0.3 is 0 Å². The lowest BCUT2D eigenvalue weighted by Crippen LogP contribution is -2.41. The van der Waals surface area contributed by atoms with Gasteiger partial charge in [-0.05, 0) is 48.4 Å². The summed E-state index contributed by atoms with van der Waals surface area (Å²) in [4.78, 5) is 9.85. The highest BCUT2D eigenvalue weighted by molar-refractivity contribution is 8.09. The number of rotatable bonds is 3. The van der Waals surface area contributed by atoms with Crippen molar-refractivity contribution in [2.75, 3.05) is 6.54 Å². The minimum absolute atomic E-state index is 0.127. The van der Waals surface area contributed by atoms with Gasteiger partial charge in [-0.3, -0.25) is 5.01 Å². The molecule has 0 aliphatic carbocycles. The SMILES string of the molecule is CC1SC(c2ccccc2)=[C]N1N1CCCC1c1nc2cc(C(C)(C)C)ccc2[nH]1. The van der Waals surface area contributed by atoms with Crippen LogP contribution in [0.2, 0.25) is 0 Å². The van der Waals surface area contributed by atoms with E-state index in [9.17, 15) is 0 Å². The van der Waals surface area contributed by atoms with Crippen LogP contribution in [0.4, 0.5) is 0 Å². The normalized spacial score (nSPS) is 22.8. The van der Waals surface area contributed by atoms with E-state index in [1.54, 1.807) is 0 Å². The van der Waals surface area contributed by atoms with Crippen molar-refractivity contribution in [3.05, 3.63) is 71.7 Å². The van der Waals surface area contributed by atoms with Gasteiger partial charge in [0.2, 0.25) is 0 Å². The van der Waals surface area contributed by atoms with Crippen LogP contribution >= 0.6 is 11.8 Å². The predicted molar refractivity (Wildman–Crippen MR) is 125 cm³/mol. The van der Waals surface area contributed by atoms with E-state index in [2.05, 4.69) is 97.4 Å². The number of imidazole rings is 1. The Balaban J connectivity index is 1.44. The van der Waals surface area contributed by atoms with Crippen molar-refractivity contribution in [2.24, 2.45) is 0 Å². The Morgan fingerprint density at radius 3 is 2.70 bits per heavy atom. The number of hydrogen-bond donors (Lipinski definition) is 1. The first-order valence-electron chi connectivity index (χ1n) is 10.8. The lowest BCUT2D eigenvalue weighted by atomic mass is 9.87. The second-order valence-corrected chi connectivity index (χ2v) is 10.6. The number of aromatic amines is 1. The zero-order valence-electron chi connectivity index (χ0n) is 18.1. The van der Waals surface area contributed by atoms with Crippen LogP contribution in [0.3, 0.4) is 0 Å². The topological polar surface area (TPSA) is 35.2 Å². The van der Waals surface area contributed by atoms with E-state index < -0.39 is 0 Å². The quantitative estimate of drug-likeness (QED) is 0.558. The van der Waals surface area contributed by atoms with E-state index in [0.29, 0.717) is 5.37 Å². The maximum atomic E-state index is 5.03. The van der Waals surface area contributed by atoms with Crippen molar-refractivity contribution in [3.63, 3.8) is 0 Å². The van der Waals surface area contributed by atoms with Gasteiger partial charge in [0.05, 0.1) is 28.6 Å². The number of fused-ring (bicyclic) bond motifs is 1. The molecule has 1 saturated heterocycles. The summed E-state index contributed by atoms with van der Waals surface area (Å²) in [6.45, 7) is 10.0. The molecule has 1 N–H and O–H groups in total. The summed E-state index contributed by atoms with van der Waals surface area (Å²) in [7, 11) is 0. The van der Waals surface area contributed by atoms with Crippen LogP contribution in [0.25, 0.3) is 15.9 Å². The van der Waals surface area contributed by atoms with Crippen LogP contribution in [0.15, 0.2) is 48.5 Å². The Bertz CT molecular complexity index is 1080. The van der Waals surface area contributed by atoms with E-state index in [1.165, 1.54) is 22.5 Å². The number of thioether (sulfide) groups is 1. The molecule has 2 aliphatic heterocycles. The molecule has 1 aromatic heterocycles. The van der Waals surface area contributed by atoms with E-state index in [-0.39, 0.29) is 11.5 Å². The first kappa shape index (κ1) is 19.7. The van der Waals surface area contributed by atoms with Crippen molar-refractivity contribution in [1.82, 2.24) is 20.0 Å². The van der Waals surface area contributed by atoms with Crippen LogP contribution in [-0.2, 0) is 5.41 Å². The highest BCUT2D eigenvalue weighted by Gasteiger charge is 2.37. The van der Waals surface area contributed by atoms with Gasteiger partial charge in [0.15, 0.2) is 0 Å². The predicted octanol–water partition coefficient (Wildman–Crippen LogP) is 6.11. The molecule has 30 heavy (non-hydrogen) atoms. The minimum Gasteiger partial charge on any atom is -0.341 e. The molecule has 3 aromatic rings. The van der Waals surface area contributed by atoms with Gasteiger partial charge in [-0.2, -0.15) is 0 Å². The molecule has 2 aromatic carbocycles. The average molecular weight is 418 g/mol. The lowest BCUT2D eigenvalue weighted by Gasteiger charge is -2.34. The third kappa shape index (κ3) is 3.54. The fourth-order valence-electron chi connectivity index (χ4n) is 4.37. The van der Waals surface area contributed by atoms with Gasteiger partial charge in [-0.15, -0.1) is 0 Å². The number of benzene rings is 2. The molecule has 4 nitrogen and oxygen atoms in total. The molecule has 5 rings (SSSR count). The van der Waals surface area contributed by atoms with Crippen LogP contribution in [0.1, 0.15) is 63.5 Å². The number of nitrogens with zero attached hydrogens (tertiary/aromatic N) is 3. The molecule has 1 radical (unpaired) electrons. The number of hydrogen-bond acceptors (Lipinski definition) is 4. The first-order valence-corrected chi connectivity index (χ1v) is 11.7. The third-order valence-corrected chi connectivity index (χ3v) is 7.17. The summed E-state index contributed by atoms with van der Waals surface area (Å²) in [5.41, 5.74) is 4.88. The van der Waals surface area contributed by atoms with Gasteiger partial charge in [0, 0.05) is 11.4 Å². The Labute approximate surface area is 183 Å². The largest absolute Gasteiger partial charge is 0.341 e. The summed E-state index contributed by atoms with van der Waals surface area (Å²) in [6, 6.07) is 17.5. The van der Waals surface area contributed by atoms with E-state index in [4.69, 9.17) is 4.98 Å². The van der Waals surface area contributed by atoms with Crippen molar-refractivity contribution >= 4 is 27.7 Å². The van der Waals surface area contributed by atoms with E-state index in [0.717, 1.165) is 29.8 Å². The Morgan fingerprint density at radius 2 is 1.93 bits per heavy atom. The molecule has 3 heterocycles. The molecule has 0 bridgehead atoms. The monoisotopic (exact) mass is 417 g/mol. The molecule has 0 amide bonds. The Hall–Kier alpha value is -2.24. The van der Waals surface area contributed by atoms with Crippen LogP contribution in [-0.4, -0.2) is 31.9 Å². The molecule has 2 aliphatic rings. The molecule has 0 spiro atoms. The molecule has 2 unspecified atom stereocenters. The number of hydrazine groups is 1. The minimum atomic E-state index is 0.127. The summed E-state index contributed by atoms with van der Waals surface area (Å²) in [5, 5.41) is 5.09. The molecule has 2 atom stereocenters. The van der Waals surface area contributed by atoms with Crippen LogP contribution < -0.4 is 0 Å². The van der Waals surface area contributed by atoms with E-state index in [1.807, 2.05) is 11.8 Å². The summed E-state index contributed by atoms with van der Waals surface area (Å²) in [6.07, 6.45) is 5.94. The third-order valence-electron chi connectivity index (χ3n) is 6.07.